The molecule has 1 aliphatic rings. The Bertz CT molecular complexity index is 869. The molecule has 0 saturated heterocycles. The van der Waals surface area contributed by atoms with Gasteiger partial charge >= 0.3 is 0 Å². The van der Waals surface area contributed by atoms with Gasteiger partial charge in [-0.05, 0) is 56.4 Å². The van der Waals surface area contributed by atoms with Crippen molar-refractivity contribution in [3.8, 4) is 23.0 Å². The number of anilines is 1. The first-order chi connectivity index (χ1) is 13.3. The summed E-state index contributed by atoms with van der Waals surface area (Å²) in [6, 6.07) is 11.4. The lowest BCUT2D eigenvalue weighted by Gasteiger charge is -2.38. The van der Waals surface area contributed by atoms with Crippen molar-refractivity contribution in [2.24, 2.45) is 0 Å². The van der Waals surface area contributed by atoms with Crippen molar-refractivity contribution in [3.05, 3.63) is 42.0 Å². The Labute approximate surface area is 171 Å². The molecule has 0 aromatic heterocycles. The van der Waals surface area contributed by atoms with Gasteiger partial charge in [-0.25, -0.2) is 0 Å². The predicted molar refractivity (Wildman–Crippen MR) is 114 cm³/mol. The van der Waals surface area contributed by atoms with Crippen LogP contribution in [0.1, 0.15) is 31.9 Å². The standard InChI is InChI=1S/C21H26N2O4S/c1-21(2)12-16(15-11-14(24-3)7-9-17(15)27-21)23-20(28)22-13-6-8-18(25-4)19(10-13)26-5/h6-11,16H,12H2,1-5H3,(H2,22,23,28)/t16-/m0/s1. The van der Waals surface area contributed by atoms with Gasteiger partial charge in [-0.3, -0.25) is 0 Å². The molecule has 2 aromatic carbocycles. The van der Waals surface area contributed by atoms with Gasteiger partial charge in [0.15, 0.2) is 16.6 Å². The van der Waals surface area contributed by atoms with E-state index in [4.69, 9.17) is 31.2 Å². The molecule has 0 spiro atoms. The minimum Gasteiger partial charge on any atom is -0.497 e. The first-order valence-corrected chi connectivity index (χ1v) is 9.42. The van der Waals surface area contributed by atoms with Gasteiger partial charge in [-0.15, -0.1) is 0 Å². The highest BCUT2D eigenvalue weighted by atomic mass is 32.1. The third-order valence-electron chi connectivity index (χ3n) is 4.62. The Morgan fingerprint density at radius 3 is 2.46 bits per heavy atom. The first kappa shape index (κ1) is 20.1. The molecule has 150 valence electrons. The van der Waals surface area contributed by atoms with Crippen LogP contribution < -0.4 is 29.6 Å². The molecule has 7 heteroatoms. The summed E-state index contributed by atoms with van der Waals surface area (Å²) in [4.78, 5) is 0. The second kappa shape index (κ2) is 8.14. The predicted octanol–water partition coefficient (Wildman–Crippen LogP) is 4.30. The monoisotopic (exact) mass is 402 g/mol. The minimum atomic E-state index is -0.307. The van der Waals surface area contributed by atoms with Crippen molar-refractivity contribution in [2.75, 3.05) is 26.6 Å². The normalized spacial score (nSPS) is 17.0. The average molecular weight is 403 g/mol. The number of benzene rings is 2. The van der Waals surface area contributed by atoms with Crippen LogP contribution in [0.15, 0.2) is 36.4 Å². The zero-order valence-electron chi connectivity index (χ0n) is 16.8. The molecule has 0 bridgehead atoms. The molecule has 2 aromatic rings. The van der Waals surface area contributed by atoms with Gasteiger partial charge in [0.25, 0.3) is 0 Å². The molecule has 0 aliphatic carbocycles. The summed E-state index contributed by atoms with van der Waals surface area (Å²) in [5, 5.41) is 7.14. The summed E-state index contributed by atoms with van der Waals surface area (Å²) in [7, 11) is 4.86. The average Bonchev–Trinajstić information content (AvgIpc) is 2.66. The topological polar surface area (TPSA) is 61.0 Å². The van der Waals surface area contributed by atoms with Crippen LogP contribution in [0, 0.1) is 0 Å². The van der Waals surface area contributed by atoms with Crippen LogP contribution in [0.4, 0.5) is 5.69 Å². The number of hydrogen-bond acceptors (Lipinski definition) is 5. The van der Waals surface area contributed by atoms with Gasteiger partial charge in [0.1, 0.15) is 17.1 Å². The van der Waals surface area contributed by atoms with Gasteiger partial charge in [0.2, 0.25) is 0 Å². The quantitative estimate of drug-likeness (QED) is 0.723. The molecule has 6 nitrogen and oxygen atoms in total. The Hall–Kier alpha value is -2.67. The smallest absolute Gasteiger partial charge is 0.171 e. The molecule has 1 heterocycles. The number of ether oxygens (including phenoxy) is 4. The van der Waals surface area contributed by atoms with E-state index in [2.05, 4.69) is 24.5 Å². The molecular weight excluding hydrogens is 376 g/mol. The van der Waals surface area contributed by atoms with E-state index in [-0.39, 0.29) is 11.6 Å². The fourth-order valence-corrected chi connectivity index (χ4v) is 3.59. The third-order valence-corrected chi connectivity index (χ3v) is 4.84. The lowest BCUT2D eigenvalue weighted by Crippen LogP contribution is -2.42. The fraction of sp³-hybridized carbons (Fsp3) is 0.381. The fourth-order valence-electron chi connectivity index (χ4n) is 3.33. The molecule has 1 atom stereocenters. The summed E-state index contributed by atoms with van der Waals surface area (Å²) in [6.07, 6.45) is 0.765. The second-order valence-electron chi connectivity index (χ2n) is 7.19. The van der Waals surface area contributed by atoms with Crippen LogP contribution in [0.3, 0.4) is 0 Å². The van der Waals surface area contributed by atoms with Crippen LogP contribution >= 0.6 is 12.2 Å². The van der Waals surface area contributed by atoms with E-state index < -0.39 is 0 Å². The van der Waals surface area contributed by atoms with Crippen molar-refractivity contribution in [3.63, 3.8) is 0 Å². The maximum absolute atomic E-state index is 6.12. The Morgan fingerprint density at radius 1 is 1.04 bits per heavy atom. The molecule has 0 radical (unpaired) electrons. The van der Waals surface area contributed by atoms with E-state index >= 15 is 0 Å². The van der Waals surface area contributed by atoms with Crippen molar-refractivity contribution >= 4 is 23.0 Å². The number of hydrogen-bond donors (Lipinski definition) is 2. The Morgan fingerprint density at radius 2 is 1.79 bits per heavy atom. The van der Waals surface area contributed by atoms with Gasteiger partial charge in [0, 0.05) is 23.7 Å². The minimum absolute atomic E-state index is 0.00556. The van der Waals surface area contributed by atoms with Gasteiger partial charge in [0.05, 0.1) is 27.4 Å². The first-order valence-electron chi connectivity index (χ1n) is 9.01. The SMILES string of the molecule is COc1ccc2c(c1)[C@@H](NC(=S)Nc1ccc(OC)c(OC)c1)CC(C)(C)O2. The highest BCUT2D eigenvalue weighted by Crippen LogP contribution is 2.41. The molecule has 1 aliphatic heterocycles. The van der Waals surface area contributed by atoms with Crippen molar-refractivity contribution in [2.45, 2.75) is 31.9 Å². The van der Waals surface area contributed by atoms with Crippen molar-refractivity contribution in [1.29, 1.82) is 0 Å². The van der Waals surface area contributed by atoms with Crippen LogP contribution in [0.25, 0.3) is 0 Å². The van der Waals surface area contributed by atoms with E-state index in [9.17, 15) is 0 Å². The van der Waals surface area contributed by atoms with E-state index in [1.165, 1.54) is 0 Å². The molecule has 0 fully saturated rings. The van der Waals surface area contributed by atoms with Crippen LogP contribution in [-0.2, 0) is 0 Å². The van der Waals surface area contributed by atoms with Crippen LogP contribution in [-0.4, -0.2) is 32.0 Å². The van der Waals surface area contributed by atoms with E-state index in [1.54, 1.807) is 21.3 Å². The van der Waals surface area contributed by atoms with E-state index in [1.807, 2.05) is 36.4 Å². The van der Waals surface area contributed by atoms with Gasteiger partial charge in [-0.1, -0.05) is 0 Å². The maximum atomic E-state index is 6.12. The number of methoxy groups -OCH3 is 3. The second-order valence-corrected chi connectivity index (χ2v) is 7.60. The number of nitrogens with one attached hydrogen (secondary N) is 2. The zero-order chi connectivity index (χ0) is 20.3. The van der Waals surface area contributed by atoms with E-state index in [0.717, 1.165) is 29.2 Å². The molecule has 3 rings (SSSR count). The Kier molecular flexibility index (Phi) is 5.84. The molecule has 0 amide bonds. The molecule has 28 heavy (non-hydrogen) atoms. The zero-order valence-corrected chi connectivity index (χ0v) is 17.6. The molecule has 2 N–H and O–H groups in total. The molecule has 0 saturated carbocycles. The largest absolute Gasteiger partial charge is 0.497 e. The number of thiocarbonyl (C=S) groups is 1. The number of rotatable bonds is 5. The van der Waals surface area contributed by atoms with Gasteiger partial charge in [-0.2, -0.15) is 0 Å². The van der Waals surface area contributed by atoms with Gasteiger partial charge < -0.3 is 29.6 Å². The summed E-state index contributed by atoms with van der Waals surface area (Å²) in [6.45, 7) is 4.14. The highest BCUT2D eigenvalue weighted by molar-refractivity contribution is 7.80. The summed E-state index contributed by atoms with van der Waals surface area (Å²) in [5.74, 6) is 2.92. The molecule has 0 unspecified atom stereocenters. The molecular formula is C21H26N2O4S. The van der Waals surface area contributed by atoms with E-state index in [0.29, 0.717) is 16.6 Å². The third kappa shape index (κ3) is 4.42. The lowest BCUT2D eigenvalue weighted by atomic mass is 9.89. The lowest BCUT2D eigenvalue weighted by molar-refractivity contribution is 0.0695. The number of fused-ring (bicyclic) bond motifs is 1. The van der Waals surface area contributed by atoms with Crippen LogP contribution in [0.5, 0.6) is 23.0 Å². The van der Waals surface area contributed by atoms with Crippen molar-refractivity contribution in [1.82, 2.24) is 5.32 Å². The summed E-state index contributed by atoms with van der Waals surface area (Å²) >= 11 is 5.56. The highest BCUT2D eigenvalue weighted by Gasteiger charge is 2.34. The van der Waals surface area contributed by atoms with Crippen molar-refractivity contribution < 1.29 is 18.9 Å². The summed E-state index contributed by atoms with van der Waals surface area (Å²) < 4.78 is 22.1. The summed E-state index contributed by atoms with van der Waals surface area (Å²) in [5.41, 5.74) is 1.53. The van der Waals surface area contributed by atoms with Crippen LogP contribution in [0.2, 0.25) is 0 Å². The maximum Gasteiger partial charge on any atom is 0.171 e. The Balaban J connectivity index is 1.78.